The van der Waals surface area contributed by atoms with E-state index in [0.29, 0.717) is 18.5 Å². The van der Waals surface area contributed by atoms with Crippen LogP contribution in [-0.4, -0.2) is 17.0 Å². The summed E-state index contributed by atoms with van der Waals surface area (Å²) in [7, 11) is 0. The van der Waals surface area contributed by atoms with Crippen molar-refractivity contribution in [2.24, 2.45) is 0 Å². The summed E-state index contributed by atoms with van der Waals surface area (Å²) in [6, 6.07) is 14.1. The molecule has 1 amide bonds. The number of aryl methyl sites for hydroxylation is 1. The molecule has 0 aliphatic carbocycles. The van der Waals surface area contributed by atoms with Crippen LogP contribution in [0.2, 0.25) is 0 Å². The molecular formula is C16H14N2O3. The van der Waals surface area contributed by atoms with Crippen LogP contribution in [0.25, 0.3) is 0 Å². The summed E-state index contributed by atoms with van der Waals surface area (Å²) in [5.74, 6) is -1.11. The van der Waals surface area contributed by atoms with Gasteiger partial charge < -0.3 is 5.11 Å². The lowest BCUT2D eigenvalue weighted by molar-refractivity contribution is -0.118. The number of aromatic carboxylic acids is 1. The number of hydrogen-bond acceptors (Lipinski definition) is 3. The molecule has 2 aromatic rings. The number of amides is 1. The van der Waals surface area contributed by atoms with E-state index < -0.39 is 5.97 Å². The van der Waals surface area contributed by atoms with Gasteiger partial charge in [0.2, 0.25) is 5.91 Å². The van der Waals surface area contributed by atoms with E-state index in [1.54, 1.807) is 18.2 Å². The van der Waals surface area contributed by atoms with Gasteiger partial charge in [0.25, 0.3) is 0 Å². The van der Waals surface area contributed by atoms with Crippen LogP contribution in [0, 0.1) is 0 Å². The molecule has 2 N–H and O–H groups in total. The Morgan fingerprint density at radius 3 is 2.57 bits per heavy atom. The van der Waals surface area contributed by atoms with Gasteiger partial charge in [-0.25, -0.2) is 9.80 Å². The van der Waals surface area contributed by atoms with Gasteiger partial charge in [0.05, 0.1) is 16.9 Å². The Balaban J connectivity index is 1.99. The normalized spacial score (nSPS) is 13.7. The van der Waals surface area contributed by atoms with Crippen molar-refractivity contribution in [2.75, 3.05) is 10.4 Å². The van der Waals surface area contributed by atoms with Gasteiger partial charge in [-0.1, -0.05) is 30.3 Å². The van der Waals surface area contributed by atoms with E-state index in [-0.39, 0.29) is 11.5 Å². The number of carboxylic acid groups (broad SMARTS) is 1. The SMILES string of the molecule is O=C(O)c1ccccc1NN1C(=O)CCc2ccccc21. The summed E-state index contributed by atoms with van der Waals surface area (Å²) in [5.41, 5.74) is 5.31. The third-order valence-corrected chi connectivity index (χ3v) is 3.48. The molecule has 1 aliphatic heterocycles. The molecule has 0 saturated carbocycles. The average molecular weight is 282 g/mol. The van der Waals surface area contributed by atoms with Crippen molar-refractivity contribution in [3.63, 3.8) is 0 Å². The van der Waals surface area contributed by atoms with E-state index in [1.807, 2.05) is 24.3 Å². The summed E-state index contributed by atoms with van der Waals surface area (Å²) in [5, 5.41) is 10.6. The first-order valence-corrected chi connectivity index (χ1v) is 6.66. The Labute approximate surface area is 121 Å². The largest absolute Gasteiger partial charge is 0.478 e. The van der Waals surface area contributed by atoms with Gasteiger partial charge in [0.1, 0.15) is 0 Å². The zero-order chi connectivity index (χ0) is 14.8. The summed E-state index contributed by atoms with van der Waals surface area (Å²) < 4.78 is 0. The van der Waals surface area contributed by atoms with Gasteiger partial charge in [0.15, 0.2) is 0 Å². The maximum atomic E-state index is 12.2. The quantitative estimate of drug-likeness (QED) is 0.908. The molecule has 1 aliphatic rings. The van der Waals surface area contributed by atoms with Crippen LogP contribution in [0.3, 0.4) is 0 Å². The van der Waals surface area contributed by atoms with Crippen molar-refractivity contribution in [1.29, 1.82) is 0 Å². The lowest BCUT2D eigenvalue weighted by Crippen LogP contribution is -2.40. The first-order valence-electron chi connectivity index (χ1n) is 6.66. The zero-order valence-electron chi connectivity index (χ0n) is 11.2. The van der Waals surface area contributed by atoms with E-state index in [4.69, 9.17) is 0 Å². The fraction of sp³-hybridized carbons (Fsp3) is 0.125. The topological polar surface area (TPSA) is 69.6 Å². The Kier molecular flexibility index (Phi) is 3.31. The van der Waals surface area contributed by atoms with Gasteiger partial charge in [-0.05, 0) is 30.2 Å². The summed E-state index contributed by atoms with van der Waals surface area (Å²) in [6.07, 6.45) is 1.10. The number of para-hydroxylation sites is 2. The zero-order valence-corrected chi connectivity index (χ0v) is 11.2. The van der Waals surface area contributed by atoms with Crippen LogP contribution < -0.4 is 10.4 Å². The lowest BCUT2D eigenvalue weighted by Gasteiger charge is -2.30. The van der Waals surface area contributed by atoms with Crippen molar-refractivity contribution in [2.45, 2.75) is 12.8 Å². The van der Waals surface area contributed by atoms with E-state index in [1.165, 1.54) is 11.1 Å². The van der Waals surface area contributed by atoms with E-state index >= 15 is 0 Å². The van der Waals surface area contributed by atoms with Gasteiger partial charge in [-0.3, -0.25) is 10.2 Å². The molecule has 1 heterocycles. The number of nitrogens with one attached hydrogen (secondary N) is 1. The summed E-state index contributed by atoms with van der Waals surface area (Å²) >= 11 is 0. The van der Waals surface area contributed by atoms with Gasteiger partial charge in [-0.2, -0.15) is 0 Å². The minimum absolute atomic E-state index is 0.0751. The molecule has 106 valence electrons. The molecule has 0 unspecified atom stereocenters. The molecule has 2 aromatic carbocycles. The van der Waals surface area contributed by atoms with Crippen LogP contribution in [0.4, 0.5) is 11.4 Å². The second-order valence-electron chi connectivity index (χ2n) is 4.82. The highest BCUT2D eigenvalue weighted by Gasteiger charge is 2.25. The van der Waals surface area contributed by atoms with Gasteiger partial charge in [0, 0.05) is 6.42 Å². The smallest absolute Gasteiger partial charge is 0.337 e. The lowest BCUT2D eigenvalue weighted by atomic mass is 10.0. The second-order valence-corrected chi connectivity index (χ2v) is 4.82. The number of carboxylic acids is 1. The second kappa shape index (κ2) is 5.28. The minimum atomic E-state index is -1.03. The highest BCUT2D eigenvalue weighted by Crippen LogP contribution is 2.28. The van der Waals surface area contributed by atoms with Crippen molar-refractivity contribution < 1.29 is 14.7 Å². The number of carbonyl (C=O) groups is 2. The number of benzene rings is 2. The van der Waals surface area contributed by atoms with Crippen molar-refractivity contribution in [1.82, 2.24) is 0 Å². The molecule has 0 spiro atoms. The van der Waals surface area contributed by atoms with Crippen LogP contribution >= 0.6 is 0 Å². The molecule has 0 radical (unpaired) electrons. The number of nitrogens with zero attached hydrogens (tertiary/aromatic N) is 1. The molecule has 5 nitrogen and oxygen atoms in total. The van der Waals surface area contributed by atoms with Crippen molar-refractivity contribution >= 4 is 23.3 Å². The standard InChI is InChI=1S/C16H14N2O3/c19-15-10-9-11-5-1-4-8-14(11)18(15)17-13-7-3-2-6-12(13)16(20)21/h1-8,17H,9-10H2,(H,20,21). The number of rotatable bonds is 3. The Morgan fingerprint density at radius 1 is 1.05 bits per heavy atom. The molecular weight excluding hydrogens is 268 g/mol. The monoisotopic (exact) mass is 282 g/mol. The average Bonchev–Trinajstić information content (AvgIpc) is 2.50. The molecule has 0 bridgehead atoms. The fourth-order valence-electron chi connectivity index (χ4n) is 2.44. The molecule has 21 heavy (non-hydrogen) atoms. The first kappa shape index (κ1) is 13.2. The third-order valence-electron chi connectivity index (χ3n) is 3.48. The minimum Gasteiger partial charge on any atom is -0.478 e. The molecule has 3 rings (SSSR count). The molecule has 0 aromatic heterocycles. The number of fused-ring (bicyclic) bond motifs is 1. The molecule has 5 heteroatoms. The van der Waals surface area contributed by atoms with Crippen molar-refractivity contribution in [3.05, 3.63) is 59.7 Å². The molecule has 0 atom stereocenters. The van der Waals surface area contributed by atoms with Crippen LogP contribution in [-0.2, 0) is 11.2 Å². The van der Waals surface area contributed by atoms with E-state index in [2.05, 4.69) is 5.43 Å². The van der Waals surface area contributed by atoms with Gasteiger partial charge >= 0.3 is 5.97 Å². The number of anilines is 2. The maximum absolute atomic E-state index is 12.2. The molecule has 0 fully saturated rings. The van der Waals surface area contributed by atoms with E-state index in [0.717, 1.165) is 11.3 Å². The Bertz CT molecular complexity index is 712. The van der Waals surface area contributed by atoms with Crippen LogP contribution in [0.15, 0.2) is 48.5 Å². The van der Waals surface area contributed by atoms with Crippen LogP contribution in [0.1, 0.15) is 22.3 Å². The van der Waals surface area contributed by atoms with Gasteiger partial charge in [-0.15, -0.1) is 0 Å². The Hall–Kier alpha value is -2.82. The fourth-order valence-corrected chi connectivity index (χ4v) is 2.44. The summed E-state index contributed by atoms with van der Waals surface area (Å²) in [6.45, 7) is 0. The number of carbonyl (C=O) groups excluding carboxylic acids is 1. The Morgan fingerprint density at radius 2 is 1.76 bits per heavy atom. The van der Waals surface area contributed by atoms with Crippen LogP contribution in [0.5, 0.6) is 0 Å². The predicted octanol–water partition coefficient (Wildman–Crippen LogP) is 2.69. The van der Waals surface area contributed by atoms with Crippen molar-refractivity contribution in [3.8, 4) is 0 Å². The maximum Gasteiger partial charge on any atom is 0.337 e. The number of hydrazine groups is 1. The highest BCUT2D eigenvalue weighted by atomic mass is 16.4. The third kappa shape index (κ3) is 2.45. The molecule has 0 saturated heterocycles. The summed E-state index contributed by atoms with van der Waals surface area (Å²) in [4.78, 5) is 23.4. The predicted molar refractivity (Wildman–Crippen MR) is 79.3 cm³/mol. The first-order chi connectivity index (χ1) is 10.2. The van der Waals surface area contributed by atoms with E-state index in [9.17, 15) is 14.7 Å². The highest BCUT2D eigenvalue weighted by molar-refractivity contribution is 6.00. The number of hydrogen-bond donors (Lipinski definition) is 2.